The summed E-state index contributed by atoms with van der Waals surface area (Å²) in [6, 6.07) is 0.389. The predicted octanol–water partition coefficient (Wildman–Crippen LogP) is 2.99. The lowest BCUT2D eigenvalue weighted by atomic mass is 9.98. The van der Waals surface area contributed by atoms with Crippen molar-refractivity contribution in [2.45, 2.75) is 53.1 Å². The van der Waals surface area contributed by atoms with Gasteiger partial charge >= 0.3 is 0 Å². The van der Waals surface area contributed by atoms with Gasteiger partial charge in [0, 0.05) is 18.9 Å². The maximum Gasteiger partial charge on any atom is 0.126 e. The van der Waals surface area contributed by atoms with Crippen molar-refractivity contribution in [3.05, 3.63) is 18.2 Å². The van der Waals surface area contributed by atoms with Gasteiger partial charge in [0.05, 0.1) is 6.04 Å². The summed E-state index contributed by atoms with van der Waals surface area (Å²) in [5.74, 6) is 1.81. The van der Waals surface area contributed by atoms with Gasteiger partial charge in [-0.2, -0.15) is 0 Å². The van der Waals surface area contributed by atoms with Crippen LogP contribution in [0.2, 0.25) is 0 Å². The molecule has 1 rings (SSSR count). The predicted molar refractivity (Wildman–Crippen MR) is 68.4 cm³/mol. The van der Waals surface area contributed by atoms with Crippen molar-refractivity contribution in [2.24, 2.45) is 5.92 Å². The van der Waals surface area contributed by atoms with E-state index in [1.165, 1.54) is 18.7 Å². The second-order valence-corrected chi connectivity index (χ2v) is 4.39. The van der Waals surface area contributed by atoms with Crippen molar-refractivity contribution < 1.29 is 0 Å². The van der Waals surface area contributed by atoms with E-state index in [9.17, 15) is 0 Å². The van der Waals surface area contributed by atoms with Crippen LogP contribution < -0.4 is 5.32 Å². The second-order valence-electron chi connectivity index (χ2n) is 4.39. The van der Waals surface area contributed by atoms with Gasteiger partial charge in [-0.25, -0.2) is 4.98 Å². The Balaban J connectivity index is 2.82. The Morgan fingerprint density at radius 2 is 2.12 bits per heavy atom. The van der Waals surface area contributed by atoms with Crippen LogP contribution in [0.25, 0.3) is 0 Å². The first kappa shape index (κ1) is 13.2. The molecule has 1 aromatic heterocycles. The maximum absolute atomic E-state index is 4.51. The third-order valence-corrected chi connectivity index (χ3v) is 3.19. The van der Waals surface area contributed by atoms with Gasteiger partial charge in [-0.15, -0.1) is 0 Å². The summed E-state index contributed by atoms with van der Waals surface area (Å²) >= 11 is 0. The van der Waals surface area contributed by atoms with Crippen molar-refractivity contribution in [3.8, 4) is 0 Å². The van der Waals surface area contributed by atoms with E-state index in [0.717, 1.165) is 13.1 Å². The van der Waals surface area contributed by atoms with Crippen LogP contribution in [0.15, 0.2) is 12.4 Å². The highest BCUT2D eigenvalue weighted by Gasteiger charge is 2.21. The van der Waals surface area contributed by atoms with Gasteiger partial charge in [-0.05, 0) is 25.8 Å². The first-order valence-electron chi connectivity index (χ1n) is 6.48. The van der Waals surface area contributed by atoms with Crippen LogP contribution in [-0.2, 0) is 6.54 Å². The van der Waals surface area contributed by atoms with Crippen LogP contribution in [0.3, 0.4) is 0 Å². The zero-order chi connectivity index (χ0) is 12.0. The van der Waals surface area contributed by atoms with Crippen LogP contribution in [0, 0.1) is 5.92 Å². The fourth-order valence-electron chi connectivity index (χ4n) is 1.95. The summed E-state index contributed by atoms with van der Waals surface area (Å²) in [4.78, 5) is 4.51. The van der Waals surface area contributed by atoms with E-state index in [4.69, 9.17) is 0 Å². The molecule has 0 saturated heterocycles. The van der Waals surface area contributed by atoms with Gasteiger partial charge in [0.2, 0.25) is 0 Å². The summed E-state index contributed by atoms with van der Waals surface area (Å²) in [7, 11) is 0. The van der Waals surface area contributed by atoms with Gasteiger partial charge in [0.1, 0.15) is 5.82 Å². The maximum atomic E-state index is 4.51. The topological polar surface area (TPSA) is 29.9 Å². The normalized spacial score (nSPS) is 15.0. The third kappa shape index (κ3) is 3.08. The summed E-state index contributed by atoms with van der Waals surface area (Å²) in [5.41, 5.74) is 0. The Bertz CT molecular complexity index is 293. The molecule has 2 unspecified atom stereocenters. The molecule has 92 valence electrons. The largest absolute Gasteiger partial charge is 0.334 e. The molecule has 0 fully saturated rings. The molecule has 0 spiro atoms. The number of nitrogens with one attached hydrogen (secondary N) is 1. The van der Waals surface area contributed by atoms with Crippen molar-refractivity contribution in [1.82, 2.24) is 14.9 Å². The smallest absolute Gasteiger partial charge is 0.126 e. The van der Waals surface area contributed by atoms with Crippen LogP contribution >= 0.6 is 0 Å². The molecule has 0 bridgehead atoms. The minimum atomic E-state index is 0.389. The molecule has 0 amide bonds. The Morgan fingerprint density at radius 3 is 2.69 bits per heavy atom. The summed E-state index contributed by atoms with van der Waals surface area (Å²) < 4.78 is 2.24. The zero-order valence-corrected chi connectivity index (χ0v) is 11.0. The lowest BCUT2D eigenvalue weighted by molar-refractivity contribution is 0.352. The number of nitrogens with zero attached hydrogens (tertiary/aromatic N) is 2. The Kier molecular flexibility index (Phi) is 5.53. The van der Waals surface area contributed by atoms with E-state index in [1.54, 1.807) is 0 Å². The van der Waals surface area contributed by atoms with Gasteiger partial charge in [0.25, 0.3) is 0 Å². The average molecular weight is 223 g/mol. The summed E-state index contributed by atoms with van der Waals surface area (Å²) in [6.07, 6.45) is 6.32. The fourth-order valence-corrected chi connectivity index (χ4v) is 1.95. The standard InChI is InChI=1S/C13H25N3/c1-5-8-14-12(11(4)6-2)13-15-9-10-16(13)7-3/h9-12,14H,5-8H2,1-4H3. The van der Waals surface area contributed by atoms with Crippen molar-refractivity contribution >= 4 is 0 Å². The van der Waals surface area contributed by atoms with Crippen LogP contribution in [0.4, 0.5) is 0 Å². The Morgan fingerprint density at radius 1 is 1.38 bits per heavy atom. The number of rotatable bonds is 7. The molecule has 0 radical (unpaired) electrons. The molecule has 3 heteroatoms. The zero-order valence-electron chi connectivity index (χ0n) is 11.0. The number of aromatic nitrogens is 2. The fraction of sp³-hybridized carbons (Fsp3) is 0.769. The minimum Gasteiger partial charge on any atom is -0.334 e. The molecule has 0 aliphatic heterocycles. The van der Waals surface area contributed by atoms with E-state index in [2.05, 4.69) is 48.8 Å². The lowest BCUT2D eigenvalue weighted by Crippen LogP contribution is -2.30. The summed E-state index contributed by atoms with van der Waals surface area (Å²) in [5, 5.41) is 3.61. The molecule has 2 atom stereocenters. The lowest BCUT2D eigenvalue weighted by Gasteiger charge is -2.24. The molecule has 3 nitrogen and oxygen atoms in total. The van der Waals surface area contributed by atoms with E-state index in [0.29, 0.717) is 12.0 Å². The first-order valence-corrected chi connectivity index (χ1v) is 6.48. The molecular weight excluding hydrogens is 198 g/mol. The highest BCUT2D eigenvalue weighted by atomic mass is 15.1. The molecular formula is C13H25N3. The minimum absolute atomic E-state index is 0.389. The summed E-state index contributed by atoms with van der Waals surface area (Å²) in [6.45, 7) is 11.0. The van der Waals surface area contributed by atoms with E-state index < -0.39 is 0 Å². The molecule has 0 saturated carbocycles. The van der Waals surface area contributed by atoms with Crippen molar-refractivity contribution in [3.63, 3.8) is 0 Å². The van der Waals surface area contributed by atoms with E-state index in [-0.39, 0.29) is 0 Å². The molecule has 0 aliphatic rings. The highest BCUT2D eigenvalue weighted by molar-refractivity contribution is 5.01. The Labute approximate surface area is 99.3 Å². The number of hydrogen-bond acceptors (Lipinski definition) is 2. The average Bonchev–Trinajstić information content (AvgIpc) is 2.77. The monoisotopic (exact) mass is 223 g/mol. The molecule has 1 N–H and O–H groups in total. The van der Waals surface area contributed by atoms with Gasteiger partial charge < -0.3 is 9.88 Å². The van der Waals surface area contributed by atoms with Gasteiger partial charge in [0.15, 0.2) is 0 Å². The molecule has 0 aromatic carbocycles. The number of hydrogen-bond donors (Lipinski definition) is 1. The molecule has 1 heterocycles. The van der Waals surface area contributed by atoms with Crippen molar-refractivity contribution in [2.75, 3.05) is 6.54 Å². The van der Waals surface area contributed by atoms with Crippen LogP contribution in [0.1, 0.15) is 52.4 Å². The van der Waals surface area contributed by atoms with Gasteiger partial charge in [-0.1, -0.05) is 27.2 Å². The molecule has 16 heavy (non-hydrogen) atoms. The quantitative estimate of drug-likeness (QED) is 0.770. The van der Waals surface area contributed by atoms with Crippen LogP contribution in [0.5, 0.6) is 0 Å². The van der Waals surface area contributed by atoms with E-state index in [1.807, 2.05) is 6.20 Å². The SMILES string of the molecule is CCCNC(c1nccn1CC)C(C)CC. The molecule has 1 aromatic rings. The number of imidazole rings is 1. The highest BCUT2D eigenvalue weighted by Crippen LogP contribution is 2.23. The molecule has 0 aliphatic carbocycles. The Hall–Kier alpha value is -0.830. The van der Waals surface area contributed by atoms with E-state index >= 15 is 0 Å². The van der Waals surface area contributed by atoms with Gasteiger partial charge in [-0.3, -0.25) is 0 Å². The first-order chi connectivity index (χ1) is 7.74. The van der Waals surface area contributed by atoms with Crippen LogP contribution in [-0.4, -0.2) is 16.1 Å². The second kappa shape index (κ2) is 6.69. The number of aryl methyl sites for hydroxylation is 1. The van der Waals surface area contributed by atoms with Crippen molar-refractivity contribution in [1.29, 1.82) is 0 Å². The third-order valence-electron chi connectivity index (χ3n) is 3.19.